The molecule has 11 nitrogen and oxygen atoms in total. The molecular formula is C33H37F3N4O7. The molecule has 0 heterocycles. The zero-order valence-corrected chi connectivity index (χ0v) is 25.5. The molecule has 47 heavy (non-hydrogen) atoms. The lowest BCUT2D eigenvalue weighted by molar-refractivity contribution is -0.192. The first-order valence-electron chi connectivity index (χ1n) is 14.6. The minimum absolute atomic E-state index is 0.123. The number of benzene rings is 3. The van der Waals surface area contributed by atoms with E-state index in [2.05, 4.69) is 21.3 Å². The molecule has 0 aliphatic rings. The molecule has 3 aromatic carbocycles. The quantitative estimate of drug-likeness (QED) is 0.133. The number of carbonyl (C=O) groups excluding carboxylic acids is 3. The first kappa shape index (κ1) is 37.8. The lowest BCUT2D eigenvalue weighted by atomic mass is 9.99. The Bertz CT molecular complexity index is 1450. The highest BCUT2D eigenvalue weighted by atomic mass is 19.4. The highest BCUT2D eigenvalue weighted by Gasteiger charge is 2.38. The Morgan fingerprint density at radius 1 is 0.702 bits per heavy atom. The molecule has 4 amide bonds. The van der Waals surface area contributed by atoms with Gasteiger partial charge < -0.3 is 31.5 Å². The highest BCUT2D eigenvalue weighted by molar-refractivity contribution is 5.85. The predicted octanol–water partition coefficient (Wildman–Crippen LogP) is 4.97. The van der Waals surface area contributed by atoms with Crippen LogP contribution in [0.5, 0.6) is 0 Å². The van der Waals surface area contributed by atoms with Gasteiger partial charge in [0.25, 0.3) is 0 Å². The molecule has 1 unspecified atom stereocenters. The second kappa shape index (κ2) is 19.2. The van der Waals surface area contributed by atoms with E-state index in [-0.39, 0.29) is 37.4 Å². The van der Waals surface area contributed by atoms with E-state index < -0.39 is 30.1 Å². The number of unbranched alkanes of at least 4 members (excludes halogenated alkanes) is 1. The third-order valence-corrected chi connectivity index (χ3v) is 6.59. The molecule has 252 valence electrons. The first-order chi connectivity index (χ1) is 22.3. The number of alkyl halides is 3. The van der Waals surface area contributed by atoms with Gasteiger partial charge in [-0.1, -0.05) is 84.9 Å². The second-order valence-electron chi connectivity index (χ2n) is 10.3. The Labute approximate surface area is 269 Å². The number of amides is 4. The van der Waals surface area contributed by atoms with E-state index in [1.165, 1.54) is 0 Å². The topological polar surface area (TPSA) is 174 Å². The van der Waals surface area contributed by atoms with Crippen molar-refractivity contribution in [2.45, 2.75) is 50.9 Å². The van der Waals surface area contributed by atoms with Crippen molar-refractivity contribution in [3.05, 3.63) is 96.1 Å². The van der Waals surface area contributed by atoms with Gasteiger partial charge >= 0.3 is 24.1 Å². The maximum Gasteiger partial charge on any atom is 0.490 e. The zero-order chi connectivity index (χ0) is 34.8. The molecule has 0 aromatic heterocycles. The molecule has 0 spiro atoms. The van der Waals surface area contributed by atoms with E-state index in [9.17, 15) is 37.5 Å². The van der Waals surface area contributed by atoms with Crippen LogP contribution in [0.3, 0.4) is 0 Å². The Kier molecular flexibility index (Phi) is 15.4. The average Bonchev–Trinajstić information content (AvgIpc) is 3.04. The van der Waals surface area contributed by atoms with Gasteiger partial charge in [0.2, 0.25) is 11.8 Å². The molecule has 0 aliphatic heterocycles. The van der Waals surface area contributed by atoms with Crippen molar-refractivity contribution >= 4 is 29.8 Å². The average molecular weight is 659 g/mol. The molecular weight excluding hydrogens is 621 g/mol. The van der Waals surface area contributed by atoms with Crippen molar-refractivity contribution in [3.8, 4) is 11.1 Å². The highest BCUT2D eigenvalue weighted by Crippen LogP contribution is 2.23. The van der Waals surface area contributed by atoms with Gasteiger partial charge in [-0.25, -0.2) is 9.59 Å². The largest absolute Gasteiger partial charge is 0.490 e. The van der Waals surface area contributed by atoms with Gasteiger partial charge in [-0.3, -0.25) is 14.4 Å². The van der Waals surface area contributed by atoms with E-state index in [1.54, 1.807) is 12.1 Å². The van der Waals surface area contributed by atoms with Gasteiger partial charge in [-0.2, -0.15) is 13.2 Å². The summed E-state index contributed by atoms with van der Waals surface area (Å²) < 4.78 is 31.7. The number of carbonyl (C=O) groups is 5. The summed E-state index contributed by atoms with van der Waals surface area (Å²) in [5.41, 5.74) is 3.69. The molecule has 3 aromatic rings. The molecule has 0 radical (unpaired) electrons. The fourth-order valence-electron chi connectivity index (χ4n) is 4.16. The number of nitrogens with one attached hydrogen (secondary N) is 4. The van der Waals surface area contributed by atoms with Gasteiger partial charge in [0.1, 0.15) is 0 Å². The number of halogens is 3. The van der Waals surface area contributed by atoms with Crippen LogP contribution in [0.1, 0.15) is 55.8 Å². The normalized spacial score (nSPS) is 11.9. The summed E-state index contributed by atoms with van der Waals surface area (Å²) in [7, 11) is 0. The van der Waals surface area contributed by atoms with Crippen molar-refractivity contribution in [1.29, 1.82) is 0 Å². The van der Waals surface area contributed by atoms with Gasteiger partial charge in [0, 0.05) is 13.0 Å². The Morgan fingerprint density at radius 2 is 1.26 bits per heavy atom. The molecule has 0 fully saturated rings. The molecule has 0 saturated carbocycles. The van der Waals surface area contributed by atoms with Crippen molar-refractivity contribution in [3.63, 3.8) is 0 Å². The lowest BCUT2D eigenvalue weighted by Gasteiger charge is -2.18. The summed E-state index contributed by atoms with van der Waals surface area (Å²) in [4.78, 5) is 57.0. The molecule has 14 heteroatoms. The maximum atomic E-state index is 12.5. The molecule has 2 atom stereocenters. The maximum absolute atomic E-state index is 12.5. The summed E-state index contributed by atoms with van der Waals surface area (Å²) >= 11 is 0. The number of aliphatic carboxylic acids is 2. The number of hydrogen-bond acceptors (Lipinski definition) is 5. The van der Waals surface area contributed by atoms with Crippen LogP contribution in [0.25, 0.3) is 11.1 Å². The lowest BCUT2D eigenvalue weighted by Crippen LogP contribution is -2.39. The Hall–Kier alpha value is -5.40. The van der Waals surface area contributed by atoms with Crippen LogP contribution in [-0.2, 0) is 19.2 Å². The van der Waals surface area contributed by atoms with Crippen LogP contribution in [-0.4, -0.2) is 59.3 Å². The van der Waals surface area contributed by atoms with Gasteiger partial charge in [-0.05, 0) is 42.0 Å². The summed E-state index contributed by atoms with van der Waals surface area (Å²) in [5.74, 6) is -4.57. The van der Waals surface area contributed by atoms with E-state index in [0.717, 1.165) is 16.7 Å². The van der Waals surface area contributed by atoms with Gasteiger partial charge in [-0.15, -0.1) is 0 Å². The summed E-state index contributed by atoms with van der Waals surface area (Å²) in [6.07, 6.45) is -4.02. The number of hydrogen-bond donors (Lipinski definition) is 6. The van der Waals surface area contributed by atoms with Crippen molar-refractivity contribution in [1.82, 2.24) is 21.3 Å². The fourth-order valence-corrected chi connectivity index (χ4v) is 4.16. The van der Waals surface area contributed by atoms with E-state index in [4.69, 9.17) is 9.90 Å². The number of rotatable bonds is 14. The summed E-state index contributed by atoms with van der Waals surface area (Å²) in [6.45, 7) is 2.07. The first-order valence-corrected chi connectivity index (χ1v) is 14.6. The monoisotopic (exact) mass is 658 g/mol. The SMILES string of the molecule is C[C@@H](NC(=O)NCCCCC(=O)NCC(=O)NC(CC(=O)O)c1ccc(-c2ccccc2)cc1)c1ccccc1.O=C(O)C(F)(F)F. The number of carboxylic acids is 2. The second-order valence-corrected chi connectivity index (χ2v) is 10.3. The summed E-state index contributed by atoms with van der Waals surface area (Å²) in [5, 5.41) is 27.4. The Morgan fingerprint density at radius 3 is 1.81 bits per heavy atom. The minimum atomic E-state index is -5.08. The van der Waals surface area contributed by atoms with Crippen molar-refractivity contribution < 1.29 is 47.4 Å². The molecule has 0 bridgehead atoms. The van der Waals surface area contributed by atoms with Gasteiger partial charge in [0.05, 0.1) is 25.0 Å². The van der Waals surface area contributed by atoms with E-state index in [0.29, 0.717) is 24.9 Å². The smallest absolute Gasteiger partial charge is 0.481 e. The standard InChI is InChI=1S/C31H36N4O5.C2HF3O2/c1-22(23-10-4-2-5-11-23)34-31(40)32-19-9-8-14-28(36)33-21-29(37)35-27(20-30(38)39)26-17-15-25(16-18-26)24-12-6-3-7-13-24;3-2(4,5)1(6)7/h2-7,10-13,15-18,22,27H,8-9,14,19-21H2,1H3,(H,33,36)(H,35,37)(H,38,39)(H2,32,34,40);(H,6,7)/t22-,27?;/m1./s1. The molecule has 3 rings (SSSR count). The van der Waals surface area contributed by atoms with Crippen LogP contribution >= 0.6 is 0 Å². The van der Waals surface area contributed by atoms with Crippen LogP contribution < -0.4 is 21.3 Å². The Balaban J connectivity index is 0.000000984. The molecule has 6 N–H and O–H groups in total. The molecule has 0 aliphatic carbocycles. The van der Waals surface area contributed by atoms with Crippen LogP contribution in [0.15, 0.2) is 84.9 Å². The third-order valence-electron chi connectivity index (χ3n) is 6.59. The van der Waals surface area contributed by atoms with E-state index in [1.807, 2.05) is 79.7 Å². The minimum Gasteiger partial charge on any atom is -0.481 e. The van der Waals surface area contributed by atoms with Crippen LogP contribution in [0.4, 0.5) is 18.0 Å². The van der Waals surface area contributed by atoms with Gasteiger partial charge in [0.15, 0.2) is 0 Å². The van der Waals surface area contributed by atoms with Crippen LogP contribution in [0.2, 0.25) is 0 Å². The zero-order valence-electron chi connectivity index (χ0n) is 25.5. The predicted molar refractivity (Wildman–Crippen MR) is 167 cm³/mol. The molecule has 0 saturated heterocycles. The number of carboxylic acid groups (broad SMARTS) is 2. The van der Waals surface area contributed by atoms with Crippen LogP contribution in [0, 0.1) is 0 Å². The fraction of sp³-hybridized carbons (Fsp3) is 0.303. The van der Waals surface area contributed by atoms with E-state index >= 15 is 0 Å². The number of urea groups is 1. The van der Waals surface area contributed by atoms with Crippen molar-refractivity contribution in [2.75, 3.05) is 13.1 Å². The van der Waals surface area contributed by atoms with Crippen molar-refractivity contribution in [2.24, 2.45) is 0 Å². The summed E-state index contributed by atoms with van der Waals surface area (Å²) in [6, 6.07) is 25.6. The third kappa shape index (κ3) is 15.0.